The number of esters is 1. The summed E-state index contributed by atoms with van der Waals surface area (Å²) >= 11 is 0. The first-order chi connectivity index (χ1) is 15.2. The van der Waals surface area contributed by atoms with Gasteiger partial charge in [-0.2, -0.15) is 13.2 Å². The van der Waals surface area contributed by atoms with Crippen molar-refractivity contribution in [1.29, 1.82) is 0 Å². The molecule has 0 aromatic heterocycles. The number of carbonyl (C=O) groups excluding carboxylic acids is 2. The van der Waals surface area contributed by atoms with Crippen LogP contribution in [-0.2, 0) is 9.53 Å². The molecule has 2 amide bonds. The Morgan fingerprint density at radius 3 is 2.00 bits per heavy atom. The monoisotopic (exact) mass is 487 g/mol. The van der Waals surface area contributed by atoms with Crippen LogP contribution in [0, 0.1) is 11.6 Å². The van der Waals surface area contributed by atoms with E-state index in [0.717, 1.165) is 24.3 Å². The van der Waals surface area contributed by atoms with Gasteiger partial charge in [-0.15, -0.1) is 13.2 Å². The molecular formula is C18H13F8N3O4. The predicted molar refractivity (Wildman–Crippen MR) is 96.1 cm³/mol. The molecule has 1 unspecified atom stereocenters. The zero-order valence-electron chi connectivity index (χ0n) is 16.2. The topological polar surface area (TPSA) is 88.7 Å². The minimum Gasteiger partial charge on any atom is -0.466 e. The van der Waals surface area contributed by atoms with Crippen molar-refractivity contribution in [2.24, 2.45) is 0 Å². The smallest absolute Gasteiger partial charge is 0.466 e. The number of amides is 2. The molecular weight excluding hydrogens is 474 g/mol. The third-order valence-corrected chi connectivity index (χ3v) is 3.82. The second kappa shape index (κ2) is 9.38. The zero-order chi connectivity index (χ0) is 25.0. The van der Waals surface area contributed by atoms with Gasteiger partial charge in [0.2, 0.25) is 0 Å². The Labute approximate surface area is 179 Å². The average Bonchev–Trinajstić information content (AvgIpc) is 2.68. The van der Waals surface area contributed by atoms with Gasteiger partial charge in [0, 0.05) is 11.8 Å². The van der Waals surface area contributed by atoms with E-state index in [4.69, 9.17) is 0 Å². The third kappa shape index (κ3) is 6.36. The van der Waals surface area contributed by atoms with Crippen molar-refractivity contribution in [3.05, 3.63) is 54.1 Å². The summed E-state index contributed by atoms with van der Waals surface area (Å²) in [5, 5.41) is 4.61. The van der Waals surface area contributed by atoms with Crippen LogP contribution in [0.4, 0.5) is 51.3 Å². The first-order valence-corrected chi connectivity index (χ1v) is 8.50. The van der Waals surface area contributed by atoms with E-state index in [-0.39, 0.29) is 11.8 Å². The second-order valence-electron chi connectivity index (χ2n) is 6.14. The summed E-state index contributed by atoms with van der Waals surface area (Å²) in [6.07, 6.45) is -10.6. The van der Waals surface area contributed by atoms with Crippen molar-refractivity contribution in [2.75, 3.05) is 17.7 Å². The van der Waals surface area contributed by atoms with Gasteiger partial charge in [0.25, 0.3) is 0 Å². The molecule has 0 bridgehead atoms. The van der Waals surface area contributed by atoms with Gasteiger partial charge < -0.3 is 20.1 Å². The van der Waals surface area contributed by atoms with Crippen LogP contribution in [-0.4, -0.2) is 37.3 Å². The fraction of sp³-hybridized carbons (Fsp3) is 0.222. The molecule has 0 aliphatic rings. The van der Waals surface area contributed by atoms with E-state index in [1.54, 1.807) is 0 Å². The van der Waals surface area contributed by atoms with Crippen LogP contribution in [0.25, 0.3) is 0 Å². The lowest BCUT2D eigenvalue weighted by molar-refractivity contribution is -0.274. The van der Waals surface area contributed by atoms with E-state index in [1.165, 1.54) is 10.6 Å². The van der Waals surface area contributed by atoms with Gasteiger partial charge >= 0.3 is 30.2 Å². The Morgan fingerprint density at radius 1 is 0.909 bits per heavy atom. The van der Waals surface area contributed by atoms with Gasteiger partial charge in [0.15, 0.2) is 0 Å². The summed E-state index contributed by atoms with van der Waals surface area (Å²) in [6, 6.07) is 2.92. The van der Waals surface area contributed by atoms with Gasteiger partial charge in [-0.25, -0.2) is 18.4 Å². The van der Waals surface area contributed by atoms with Gasteiger partial charge in [-0.3, -0.25) is 5.32 Å². The van der Waals surface area contributed by atoms with Crippen LogP contribution in [0.1, 0.15) is 0 Å². The minimum absolute atomic E-state index is 0.228. The number of carbonyl (C=O) groups is 2. The van der Waals surface area contributed by atoms with E-state index >= 15 is 0 Å². The fourth-order valence-corrected chi connectivity index (χ4v) is 2.41. The molecule has 0 aliphatic heterocycles. The summed E-state index contributed by atoms with van der Waals surface area (Å²) in [4.78, 5) is 24.3. The van der Waals surface area contributed by atoms with E-state index in [0.29, 0.717) is 19.2 Å². The van der Waals surface area contributed by atoms with Gasteiger partial charge in [0.1, 0.15) is 17.4 Å². The fourth-order valence-electron chi connectivity index (χ4n) is 2.41. The number of benzene rings is 2. The Morgan fingerprint density at radius 2 is 1.52 bits per heavy atom. The van der Waals surface area contributed by atoms with Crippen LogP contribution in [0.2, 0.25) is 0 Å². The molecule has 0 radical (unpaired) electrons. The van der Waals surface area contributed by atoms with Crippen LogP contribution in [0.5, 0.6) is 5.75 Å². The lowest BCUT2D eigenvalue weighted by Crippen LogP contribution is -2.69. The maximum absolute atomic E-state index is 13.9. The van der Waals surface area contributed by atoms with E-state index in [1.807, 2.05) is 5.32 Å². The number of anilines is 2. The van der Waals surface area contributed by atoms with E-state index < -0.39 is 53.3 Å². The van der Waals surface area contributed by atoms with Crippen molar-refractivity contribution in [1.82, 2.24) is 5.32 Å². The largest absolute Gasteiger partial charge is 0.573 e. The van der Waals surface area contributed by atoms with Crippen molar-refractivity contribution in [3.8, 4) is 5.75 Å². The normalized spacial score (nSPS) is 13.5. The lowest BCUT2D eigenvalue weighted by Gasteiger charge is -2.35. The van der Waals surface area contributed by atoms with Crippen LogP contribution < -0.4 is 20.7 Å². The number of hydrogen-bond donors (Lipinski definition) is 3. The Hall–Kier alpha value is -3.78. The highest BCUT2D eigenvalue weighted by atomic mass is 19.4. The van der Waals surface area contributed by atoms with E-state index in [9.17, 15) is 44.7 Å². The molecule has 0 spiro atoms. The molecule has 0 saturated heterocycles. The quantitative estimate of drug-likeness (QED) is 0.317. The molecule has 0 fully saturated rings. The molecule has 15 heteroatoms. The summed E-state index contributed by atoms with van der Waals surface area (Å²) in [5.41, 5.74) is -5.34. The highest BCUT2D eigenvalue weighted by molar-refractivity contribution is 5.96. The summed E-state index contributed by atoms with van der Waals surface area (Å²) in [7, 11) is 0.560. The number of urea groups is 1. The zero-order valence-corrected chi connectivity index (χ0v) is 16.2. The Balaban J connectivity index is 2.32. The molecule has 33 heavy (non-hydrogen) atoms. The number of nitrogens with one attached hydrogen (secondary N) is 3. The third-order valence-electron chi connectivity index (χ3n) is 3.82. The van der Waals surface area contributed by atoms with E-state index in [2.05, 4.69) is 9.47 Å². The number of methoxy groups -OCH3 is 1. The number of ether oxygens (including phenoxy) is 2. The molecule has 2 aromatic rings. The molecule has 3 N–H and O–H groups in total. The molecule has 2 aromatic carbocycles. The van der Waals surface area contributed by atoms with Gasteiger partial charge in [-0.1, -0.05) is 0 Å². The molecule has 0 aliphatic carbocycles. The highest BCUT2D eigenvalue weighted by Gasteiger charge is 2.63. The van der Waals surface area contributed by atoms with Gasteiger partial charge in [0.05, 0.1) is 12.8 Å². The Kier molecular flexibility index (Phi) is 7.24. The minimum atomic E-state index is -5.62. The van der Waals surface area contributed by atoms with Crippen LogP contribution in [0.15, 0.2) is 42.5 Å². The van der Waals surface area contributed by atoms with Crippen molar-refractivity contribution in [2.45, 2.75) is 18.2 Å². The number of hydrogen-bond acceptors (Lipinski definition) is 5. The summed E-state index contributed by atoms with van der Waals surface area (Å²) in [5.74, 6) is -5.43. The number of rotatable bonds is 6. The highest BCUT2D eigenvalue weighted by Crippen LogP contribution is 2.34. The van der Waals surface area contributed by atoms with Crippen molar-refractivity contribution < 1.29 is 54.2 Å². The molecule has 7 nitrogen and oxygen atoms in total. The van der Waals surface area contributed by atoms with Crippen molar-refractivity contribution in [3.63, 3.8) is 0 Å². The summed E-state index contributed by atoms with van der Waals surface area (Å²) in [6.45, 7) is 0. The predicted octanol–water partition coefficient (Wildman–Crippen LogP) is 4.53. The second-order valence-corrected chi connectivity index (χ2v) is 6.14. The molecule has 1 atom stereocenters. The maximum Gasteiger partial charge on any atom is 0.573 e. The standard InChI is InChI=1S/C18H13F8N3O4/c1-32-14(30)16(17(21,22)23,28-13-7-2-9(19)8-12(13)20)29-15(31)27-10-3-5-11(6-4-10)33-18(24,25)26/h2-8,28H,1H3,(H2,27,29,31). The summed E-state index contributed by atoms with van der Waals surface area (Å²) < 4.78 is 113. The average molecular weight is 487 g/mol. The lowest BCUT2D eigenvalue weighted by atomic mass is 10.1. The van der Waals surface area contributed by atoms with Crippen LogP contribution in [0.3, 0.4) is 0 Å². The number of halogens is 8. The molecule has 2 rings (SSSR count). The first kappa shape index (κ1) is 25.5. The van der Waals surface area contributed by atoms with Gasteiger partial charge in [-0.05, 0) is 36.4 Å². The molecule has 0 heterocycles. The SMILES string of the molecule is COC(=O)C(NC(=O)Nc1ccc(OC(F)(F)F)cc1)(Nc1ccc(F)cc1F)C(F)(F)F. The molecule has 180 valence electrons. The Bertz CT molecular complexity index is 1010. The van der Waals surface area contributed by atoms with Crippen molar-refractivity contribution >= 4 is 23.4 Å². The number of alkyl halides is 6. The molecule has 0 saturated carbocycles. The van der Waals surface area contributed by atoms with Crippen LogP contribution >= 0.6 is 0 Å². The maximum atomic E-state index is 13.9. The first-order valence-electron chi connectivity index (χ1n) is 8.50.